The Labute approximate surface area is 168 Å². The molecule has 0 bridgehead atoms. The van der Waals surface area contributed by atoms with E-state index in [0.717, 1.165) is 12.8 Å². The maximum atomic E-state index is 11.2. The maximum absolute atomic E-state index is 11.2. The van der Waals surface area contributed by atoms with Crippen molar-refractivity contribution in [2.45, 2.75) is 91.0 Å². The summed E-state index contributed by atoms with van der Waals surface area (Å²) in [6.07, 6.45) is 9.04. The first-order valence-corrected chi connectivity index (χ1v) is 10.6. The van der Waals surface area contributed by atoms with Crippen molar-refractivity contribution in [2.24, 2.45) is 10.8 Å². The average molecular weight is 395 g/mol. The van der Waals surface area contributed by atoms with Gasteiger partial charge in [0.15, 0.2) is 5.82 Å². The van der Waals surface area contributed by atoms with Crippen LogP contribution in [0.5, 0.6) is 0 Å². The van der Waals surface area contributed by atoms with Gasteiger partial charge in [-0.3, -0.25) is 0 Å². The molecule has 1 aromatic heterocycles. The molecule has 2 N–H and O–H groups in total. The zero-order valence-corrected chi connectivity index (χ0v) is 17.6. The Morgan fingerprint density at radius 2 is 2.04 bits per heavy atom. The third-order valence-electron chi connectivity index (χ3n) is 6.43. The van der Waals surface area contributed by atoms with Gasteiger partial charge in [-0.15, -0.1) is 0 Å². The number of carbonyl (C=O) groups is 1. The van der Waals surface area contributed by atoms with E-state index in [0.29, 0.717) is 36.6 Å². The van der Waals surface area contributed by atoms with Gasteiger partial charge in [-0.25, -0.2) is 0 Å². The molecule has 7 heteroatoms. The lowest BCUT2D eigenvalue weighted by atomic mass is 9.57. The fourth-order valence-electron chi connectivity index (χ4n) is 4.59. The minimum Gasteiger partial charge on any atom is -0.550 e. The van der Waals surface area contributed by atoms with Gasteiger partial charge in [0.05, 0.1) is 13.2 Å². The number of aromatic nitrogens is 2. The lowest BCUT2D eigenvalue weighted by Crippen LogP contribution is -2.37. The van der Waals surface area contributed by atoms with Gasteiger partial charge < -0.3 is 24.8 Å². The first-order chi connectivity index (χ1) is 13.3. The van der Waals surface area contributed by atoms with E-state index < -0.39 is 5.97 Å². The van der Waals surface area contributed by atoms with Crippen molar-refractivity contribution in [1.82, 2.24) is 15.5 Å². The third-order valence-corrected chi connectivity index (χ3v) is 6.43. The number of hydrogen-bond donors (Lipinski definition) is 2. The number of nitrogens with zero attached hydrogens (tertiary/aromatic N) is 2. The topological polar surface area (TPSA) is 111 Å². The number of rotatable bonds is 11. The second-order valence-electron chi connectivity index (χ2n) is 9.21. The van der Waals surface area contributed by atoms with Crippen LogP contribution >= 0.6 is 0 Å². The highest BCUT2D eigenvalue weighted by molar-refractivity contribution is 5.65. The SMILES string of the molecule is CC(C)(C)C1(CCCC(CC(=O)[O-])c2nc(CNCCO)no2)CCCCC1. The summed E-state index contributed by atoms with van der Waals surface area (Å²) in [5.41, 5.74) is 0.568. The van der Waals surface area contributed by atoms with Crippen LogP contribution in [0, 0.1) is 10.8 Å². The predicted octanol–water partition coefficient (Wildman–Crippen LogP) is 2.54. The Balaban J connectivity index is 1.99. The molecule has 1 aliphatic carbocycles. The summed E-state index contributed by atoms with van der Waals surface area (Å²) in [5, 5.41) is 27.0. The molecule has 0 spiro atoms. The number of aliphatic hydroxyl groups is 1. The van der Waals surface area contributed by atoms with E-state index >= 15 is 0 Å². The molecule has 1 heterocycles. The van der Waals surface area contributed by atoms with Crippen LogP contribution in [-0.4, -0.2) is 34.4 Å². The lowest BCUT2D eigenvalue weighted by molar-refractivity contribution is -0.306. The summed E-state index contributed by atoms with van der Waals surface area (Å²) in [7, 11) is 0. The molecule has 7 nitrogen and oxygen atoms in total. The van der Waals surface area contributed by atoms with E-state index in [1.54, 1.807) is 0 Å². The fraction of sp³-hybridized carbons (Fsp3) is 0.857. The Hall–Kier alpha value is -1.47. The number of carboxylic acid groups (broad SMARTS) is 1. The monoisotopic (exact) mass is 394 g/mol. The van der Waals surface area contributed by atoms with Gasteiger partial charge in [0.2, 0.25) is 5.89 Å². The van der Waals surface area contributed by atoms with Crippen LogP contribution in [0.25, 0.3) is 0 Å². The van der Waals surface area contributed by atoms with Gasteiger partial charge in [0, 0.05) is 18.4 Å². The summed E-state index contributed by atoms with van der Waals surface area (Å²) in [4.78, 5) is 15.6. The van der Waals surface area contributed by atoms with Crippen molar-refractivity contribution >= 4 is 5.97 Å². The smallest absolute Gasteiger partial charge is 0.230 e. The third kappa shape index (κ3) is 6.27. The van der Waals surface area contributed by atoms with Crippen LogP contribution in [0.4, 0.5) is 0 Å². The Morgan fingerprint density at radius 3 is 2.64 bits per heavy atom. The predicted molar refractivity (Wildman–Crippen MR) is 104 cm³/mol. The van der Waals surface area contributed by atoms with Crippen molar-refractivity contribution in [1.29, 1.82) is 0 Å². The van der Waals surface area contributed by atoms with Crippen molar-refractivity contribution in [2.75, 3.05) is 13.2 Å². The molecule has 1 aliphatic rings. The van der Waals surface area contributed by atoms with Crippen molar-refractivity contribution in [3.05, 3.63) is 11.7 Å². The van der Waals surface area contributed by atoms with E-state index in [4.69, 9.17) is 9.63 Å². The van der Waals surface area contributed by atoms with Crippen LogP contribution in [0.1, 0.15) is 96.2 Å². The van der Waals surface area contributed by atoms with Gasteiger partial charge in [-0.2, -0.15) is 4.98 Å². The van der Waals surface area contributed by atoms with Crippen LogP contribution in [-0.2, 0) is 11.3 Å². The molecule has 1 atom stereocenters. The molecule has 1 unspecified atom stereocenters. The number of aliphatic carboxylic acids is 1. The molecule has 1 aromatic rings. The zero-order chi connectivity index (χ0) is 20.6. The highest BCUT2D eigenvalue weighted by Gasteiger charge is 2.41. The number of hydrogen-bond acceptors (Lipinski definition) is 7. The van der Waals surface area contributed by atoms with Gasteiger partial charge in [-0.1, -0.05) is 51.6 Å². The molecular formula is C21H36N3O4-. The molecule has 0 saturated heterocycles. The molecule has 28 heavy (non-hydrogen) atoms. The zero-order valence-electron chi connectivity index (χ0n) is 17.6. The number of nitrogens with one attached hydrogen (secondary N) is 1. The van der Waals surface area contributed by atoms with Crippen LogP contribution in [0.15, 0.2) is 4.52 Å². The van der Waals surface area contributed by atoms with Crippen molar-refractivity contribution in [3.63, 3.8) is 0 Å². The molecule has 160 valence electrons. The first kappa shape index (κ1) is 22.8. The molecule has 1 fully saturated rings. The standard InChI is InChI=1S/C21H37N3O4/c1-20(2,3)21(9-5-4-6-10-21)11-7-8-16(14-18(26)27)19-23-17(24-28-19)15-22-12-13-25/h16,22,25H,4-15H2,1-3H3,(H,26,27)/p-1. The van der Waals surface area contributed by atoms with Crippen LogP contribution < -0.4 is 10.4 Å². The summed E-state index contributed by atoms with van der Waals surface area (Å²) >= 11 is 0. The van der Waals surface area contributed by atoms with Crippen LogP contribution in [0.2, 0.25) is 0 Å². The number of carboxylic acids is 1. The van der Waals surface area contributed by atoms with Gasteiger partial charge in [0.1, 0.15) is 0 Å². The van der Waals surface area contributed by atoms with Crippen molar-refractivity contribution < 1.29 is 19.5 Å². The van der Waals surface area contributed by atoms with Crippen molar-refractivity contribution in [3.8, 4) is 0 Å². The molecule has 0 amide bonds. The largest absolute Gasteiger partial charge is 0.550 e. The highest BCUT2D eigenvalue weighted by Crippen LogP contribution is 2.53. The molecule has 0 aromatic carbocycles. The summed E-state index contributed by atoms with van der Waals surface area (Å²) in [5.74, 6) is -0.556. The molecule has 0 aliphatic heterocycles. The molecule has 2 rings (SSSR count). The second-order valence-corrected chi connectivity index (χ2v) is 9.21. The van der Waals surface area contributed by atoms with E-state index in [1.165, 1.54) is 32.1 Å². The first-order valence-electron chi connectivity index (χ1n) is 10.6. The Kier molecular flexibility index (Phi) is 8.43. The Morgan fingerprint density at radius 1 is 1.32 bits per heavy atom. The van der Waals surface area contributed by atoms with Gasteiger partial charge in [0.25, 0.3) is 0 Å². The minimum atomic E-state index is -1.09. The highest BCUT2D eigenvalue weighted by atomic mass is 16.5. The Bertz CT molecular complexity index is 603. The van der Waals surface area contributed by atoms with Crippen LogP contribution in [0.3, 0.4) is 0 Å². The van der Waals surface area contributed by atoms with E-state index in [1.807, 2.05) is 0 Å². The van der Waals surface area contributed by atoms with Gasteiger partial charge in [-0.05, 0) is 42.9 Å². The fourth-order valence-corrected chi connectivity index (χ4v) is 4.59. The second kappa shape index (κ2) is 10.3. The molecular weight excluding hydrogens is 358 g/mol. The van der Waals surface area contributed by atoms with Gasteiger partial charge >= 0.3 is 0 Å². The van der Waals surface area contributed by atoms with E-state index in [-0.39, 0.29) is 24.4 Å². The van der Waals surface area contributed by atoms with E-state index in [2.05, 4.69) is 36.2 Å². The summed E-state index contributed by atoms with van der Waals surface area (Å²) in [6, 6.07) is 0. The lowest BCUT2D eigenvalue weighted by Gasteiger charge is -2.48. The quantitative estimate of drug-likeness (QED) is 0.555. The number of aliphatic hydroxyl groups excluding tert-OH is 1. The van der Waals surface area contributed by atoms with E-state index in [9.17, 15) is 9.90 Å². The normalized spacial score (nSPS) is 18.1. The number of carbonyl (C=O) groups excluding carboxylic acids is 1. The average Bonchev–Trinajstić information content (AvgIpc) is 3.09. The molecule has 0 radical (unpaired) electrons. The summed E-state index contributed by atoms with van der Waals surface area (Å²) in [6.45, 7) is 7.87. The summed E-state index contributed by atoms with van der Waals surface area (Å²) < 4.78 is 5.34. The molecule has 1 saturated carbocycles. The maximum Gasteiger partial charge on any atom is 0.230 e. The minimum absolute atomic E-state index is 0.0353.